The molecule has 0 saturated carbocycles. The van der Waals surface area contributed by atoms with Gasteiger partial charge < -0.3 is 4.74 Å². The molecule has 1 aliphatic rings. The molecule has 1 aromatic rings. The fourth-order valence-electron chi connectivity index (χ4n) is 1.78. The number of nitrogens with zero attached hydrogens (tertiary/aromatic N) is 3. The second-order valence-corrected chi connectivity index (χ2v) is 4.56. The normalized spacial score (nSPS) is 21.4. The first-order chi connectivity index (χ1) is 7.22. The molecule has 84 valence electrons. The summed E-state index contributed by atoms with van der Waals surface area (Å²) in [5, 5.41) is 4.11. The predicted octanol–water partition coefficient (Wildman–Crippen LogP) is 1.66. The van der Waals surface area contributed by atoms with Crippen molar-refractivity contribution >= 4 is 15.9 Å². The van der Waals surface area contributed by atoms with Gasteiger partial charge in [-0.15, -0.1) is 0 Å². The van der Waals surface area contributed by atoms with Crippen LogP contribution in [-0.2, 0) is 7.05 Å². The zero-order chi connectivity index (χ0) is 10.8. The van der Waals surface area contributed by atoms with Crippen molar-refractivity contribution in [3.8, 4) is 5.75 Å². The van der Waals surface area contributed by atoms with Gasteiger partial charge in [0, 0.05) is 19.6 Å². The molecule has 2 heterocycles. The molecule has 0 unspecified atom stereocenters. The van der Waals surface area contributed by atoms with Crippen LogP contribution in [0.1, 0.15) is 13.3 Å². The van der Waals surface area contributed by atoms with Gasteiger partial charge in [-0.05, 0) is 28.9 Å². The van der Waals surface area contributed by atoms with Crippen LogP contribution < -0.4 is 4.74 Å². The zero-order valence-corrected chi connectivity index (χ0v) is 10.7. The fraction of sp³-hybridized carbons (Fsp3) is 0.700. The Bertz CT molecular complexity index is 337. The van der Waals surface area contributed by atoms with Gasteiger partial charge in [-0.25, -0.2) is 0 Å². The molecule has 0 aliphatic carbocycles. The van der Waals surface area contributed by atoms with E-state index in [2.05, 4.69) is 32.9 Å². The number of aryl methyl sites for hydroxylation is 1. The highest BCUT2D eigenvalue weighted by atomic mass is 79.9. The minimum Gasteiger partial charge on any atom is -0.487 e. The average molecular weight is 274 g/mol. The topological polar surface area (TPSA) is 30.3 Å². The van der Waals surface area contributed by atoms with Crippen LogP contribution in [0.2, 0.25) is 0 Å². The van der Waals surface area contributed by atoms with Crippen LogP contribution >= 0.6 is 15.9 Å². The molecule has 1 aromatic heterocycles. The maximum atomic E-state index is 5.72. The maximum Gasteiger partial charge on any atom is 0.171 e. The maximum absolute atomic E-state index is 5.72. The lowest BCUT2D eigenvalue weighted by Gasteiger charge is -2.39. The van der Waals surface area contributed by atoms with Crippen molar-refractivity contribution in [3.63, 3.8) is 0 Å². The van der Waals surface area contributed by atoms with Gasteiger partial charge in [0.2, 0.25) is 0 Å². The predicted molar refractivity (Wildman–Crippen MR) is 62.1 cm³/mol. The first-order valence-electron chi connectivity index (χ1n) is 5.26. The third-order valence-electron chi connectivity index (χ3n) is 2.94. The Balaban J connectivity index is 1.85. The van der Waals surface area contributed by atoms with Crippen molar-refractivity contribution in [2.24, 2.45) is 7.05 Å². The Labute approximate surface area is 98.3 Å². The van der Waals surface area contributed by atoms with Crippen LogP contribution in [0.3, 0.4) is 0 Å². The summed E-state index contributed by atoms with van der Waals surface area (Å²) < 4.78 is 8.39. The number of rotatable bonds is 4. The summed E-state index contributed by atoms with van der Waals surface area (Å²) in [5.41, 5.74) is 0. The summed E-state index contributed by atoms with van der Waals surface area (Å²) in [6.45, 7) is 5.27. The lowest BCUT2D eigenvalue weighted by Crippen LogP contribution is -2.50. The first kappa shape index (κ1) is 11.0. The number of aromatic nitrogens is 2. The molecule has 1 saturated heterocycles. The van der Waals surface area contributed by atoms with Crippen molar-refractivity contribution in [2.45, 2.75) is 19.4 Å². The van der Waals surface area contributed by atoms with E-state index < -0.39 is 0 Å². The van der Waals surface area contributed by atoms with E-state index in [1.807, 2.05) is 7.05 Å². The van der Waals surface area contributed by atoms with E-state index in [-0.39, 0.29) is 0 Å². The molecule has 1 fully saturated rings. The number of hydrogen-bond acceptors (Lipinski definition) is 3. The summed E-state index contributed by atoms with van der Waals surface area (Å²) in [6, 6.07) is 0.585. The summed E-state index contributed by atoms with van der Waals surface area (Å²) in [5.74, 6) is 0.834. The van der Waals surface area contributed by atoms with Crippen LogP contribution in [0.5, 0.6) is 5.75 Å². The summed E-state index contributed by atoms with van der Waals surface area (Å²) in [6.07, 6.45) is 2.99. The zero-order valence-electron chi connectivity index (χ0n) is 9.11. The van der Waals surface area contributed by atoms with Gasteiger partial charge in [-0.3, -0.25) is 9.58 Å². The lowest BCUT2D eigenvalue weighted by molar-refractivity contribution is 0.0558. The monoisotopic (exact) mass is 273 g/mol. The molecule has 2 rings (SSSR count). The second kappa shape index (κ2) is 4.53. The van der Waals surface area contributed by atoms with Crippen LogP contribution in [0.4, 0.5) is 0 Å². The first-order valence-corrected chi connectivity index (χ1v) is 6.06. The SMILES string of the molecule is CCN1CC[C@@H]1COc1cnn(C)c1Br. The van der Waals surface area contributed by atoms with Crippen molar-refractivity contribution < 1.29 is 4.74 Å². The van der Waals surface area contributed by atoms with Crippen molar-refractivity contribution in [2.75, 3.05) is 19.7 Å². The van der Waals surface area contributed by atoms with Gasteiger partial charge in [-0.1, -0.05) is 6.92 Å². The molecule has 4 nitrogen and oxygen atoms in total. The third kappa shape index (κ3) is 2.18. The van der Waals surface area contributed by atoms with E-state index in [1.165, 1.54) is 13.0 Å². The molecular formula is C10H16BrN3O. The minimum absolute atomic E-state index is 0.585. The van der Waals surface area contributed by atoms with Crippen LogP contribution in [0.15, 0.2) is 10.8 Å². The largest absolute Gasteiger partial charge is 0.487 e. The molecular weight excluding hydrogens is 258 g/mol. The molecule has 0 aromatic carbocycles. The number of ether oxygens (including phenoxy) is 1. The van der Waals surface area contributed by atoms with E-state index in [9.17, 15) is 0 Å². The van der Waals surface area contributed by atoms with Crippen LogP contribution in [0, 0.1) is 0 Å². The van der Waals surface area contributed by atoms with Crippen LogP contribution in [0.25, 0.3) is 0 Å². The Hall–Kier alpha value is -0.550. The smallest absolute Gasteiger partial charge is 0.171 e. The highest BCUT2D eigenvalue weighted by Crippen LogP contribution is 2.25. The third-order valence-corrected chi connectivity index (χ3v) is 3.84. The molecule has 0 N–H and O–H groups in total. The Morgan fingerprint density at radius 2 is 2.47 bits per heavy atom. The van der Waals surface area contributed by atoms with E-state index in [0.717, 1.165) is 23.5 Å². The molecule has 0 bridgehead atoms. The fourth-order valence-corrected chi connectivity index (χ4v) is 2.09. The number of halogens is 1. The van der Waals surface area contributed by atoms with Gasteiger partial charge in [0.25, 0.3) is 0 Å². The van der Waals surface area contributed by atoms with Gasteiger partial charge in [-0.2, -0.15) is 5.10 Å². The quantitative estimate of drug-likeness (QED) is 0.836. The Morgan fingerprint density at radius 3 is 2.93 bits per heavy atom. The molecule has 5 heteroatoms. The van der Waals surface area contributed by atoms with Crippen LogP contribution in [-0.4, -0.2) is 40.4 Å². The Morgan fingerprint density at radius 1 is 1.67 bits per heavy atom. The summed E-state index contributed by atoms with van der Waals surface area (Å²) in [4.78, 5) is 2.42. The average Bonchev–Trinajstić information content (AvgIpc) is 2.49. The molecule has 0 spiro atoms. The standard InChI is InChI=1S/C10H16BrN3O/c1-3-14-5-4-8(14)7-15-9-6-12-13(2)10(9)11/h6,8H,3-5,7H2,1-2H3/t8-/m1/s1. The van der Waals surface area contributed by atoms with Crippen molar-refractivity contribution in [3.05, 3.63) is 10.8 Å². The van der Waals surface area contributed by atoms with E-state index >= 15 is 0 Å². The second-order valence-electron chi connectivity index (χ2n) is 3.81. The van der Waals surface area contributed by atoms with Crippen molar-refractivity contribution in [1.82, 2.24) is 14.7 Å². The van der Waals surface area contributed by atoms with Crippen molar-refractivity contribution in [1.29, 1.82) is 0 Å². The molecule has 0 amide bonds. The molecule has 15 heavy (non-hydrogen) atoms. The number of likely N-dealkylation sites (N-methyl/N-ethyl adjacent to an activating group) is 1. The lowest BCUT2D eigenvalue weighted by atomic mass is 10.1. The van der Waals surface area contributed by atoms with Gasteiger partial charge >= 0.3 is 0 Å². The summed E-state index contributed by atoms with van der Waals surface area (Å²) >= 11 is 3.43. The number of hydrogen-bond donors (Lipinski definition) is 0. The molecule has 0 radical (unpaired) electrons. The van der Waals surface area contributed by atoms with E-state index in [0.29, 0.717) is 6.04 Å². The number of likely N-dealkylation sites (tertiary alicyclic amines) is 1. The Kier molecular flexibility index (Phi) is 3.31. The van der Waals surface area contributed by atoms with Gasteiger partial charge in [0.1, 0.15) is 11.2 Å². The minimum atomic E-state index is 0.585. The van der Waals surface area contributed by atoms with E-state index in [4.69, 9.17) is 4.74 Å². The molecule has 1 aliphatic heterocycles. The van der Waals surface area contributed by atoms with Gasteiger partial charge in [0.15, 0.2) is 5.75 Å². The highest BCUT2D eigenvalue weighted by Gasteiger charge is 2.27. The highest BCUT2D eigenvalue weighted by molar-refractivity contribution is 9.10. The van der Waals surface area contributed by atoms with E-state index in [1.54, 1.807) is 10.9 Å². The summed E-state index contributed by atoms with van der Waals surface area (Å²) in [7, 11) is 1.89. The molecule has 1 atom stereocenters. The van der Waals surface area contributed by atoms with Gasteiger partial charge in [0.05, 0.1) is 6.20 Å².